The average Bonchev–Trinajstić information content (AvgIpc) is 2.64. The highest BCUT2D eigenvalue weighted by Gasteiger charge is 2.31. The van der Waals surface area contributed by atoms with Gasteiger partial charge >= 0.3 is 6.36 Å². The number of hydrogen-bond donors (Lipinski definition) is 2. The molecule has 0 amide bonds. The number of benzene rings is 2. The Morgan fingerprint density at radius 3 is 2.59 bits per heavy atom. The monoisotopic (exact) mass is 422 g/mol. The Hall–Kier alpha value is -3.00. The Morgan fingerprint density at radius 2 is 1.86 bits per heavy atom. The average molecular weight is 423 g/mol. The van der Waals surface area contributed by atoms with Crippen LogP contribution in [0.4, 0.5) is 30.6 Å². The number of halogens is 4. The summed E-state index contributed by atoms with van der Waals surface area (Å²) in [5, 5.41) is 6.78. The largest absolute Gasteiger partial charge is 0.573 e. The first kappa shape index (κ1) is 20.7. The van der Waals surface area contributed by atoms with Gasteiger partial charge in [0.1, 0.15) is 11.6 Å². The molecule has 0 aliphatic heterocycles. The molecule has 3 aromatic rings. The van der Waals surface area contributed by atoms with Crippen molar-refractivity contribution < 1.29 is 17.9 Å². The van der Waals surface area contributed by atoms with Gasteiger partial charge in [0.15, 0.2) is 0 Å². The lowest BCUT2D eigenvalue weighted by Crippen LogP contribution is -2.17. The van der Waals surface area contributed by atoms with Gasteiger partial charge < -0.3 is 15.4 Å². The molecule has 1 aromatic heterocycles. The second-order valence-electron chi connectivity index (χ2n) is 6.15. The number of aryl methyl sites for hydroxylation is 1. The van der Waals surface area contributed by atoms with Crippen LogP contribution in [-0.4, -0.2) is 22.9 Å². The van der Waals surface area contributed by atoms with Crippen LogP contribution in [0.5, 0.6) is 5.75 Å². The molecule has 152 valence electrons. The zero-order valence-electron chi connectivity index (χ0n) is 15.6. The maximum absolute atomic E-state index is 12.5. The van der Waals surface area contributed by atoms with Gasteiger partial charge in [-0.05, 0) is 43.7 Å². The summed E-state index contributed by atoms with van der Waals surface area (Å²) in [4.78, 5) is 8.80. The molecule has 3 rings (SSSR count). The Bertz CT molecular complexity index is 1010. The van der Waals surface area contributed by atoms with Gasteiger partial charge in [0.25, 0.3) is 0 Å². The van der Waals surface area contributed by atoms with Gasteiger partial charge in [-0.25, -0.2) is 4.98 Å². The van der Waals surface area contributed by atoms with Crippen LogP contribution in [-0.2, 0) is 0 Å². The van der Waals surface area contributed by atoms with E-state index in [0.717, 1.165) is 11.3 Å². The third-order valence-corrected chi connectivity index (χ3v) is 4.12. The molecule has 9 heteroatoms. The summed E-state index contributed by atoms with van der Waals surface area (Å²) in [6, 6.07) is 12.7. The fraction of sp³-hybridized carbons (Fsp3) is 0.200. The van der Waals surface area contributed by atoms with E-state index in [0.29, 0.717) is 34.6 Å². The van der Waals surface area contributed by atoms with E-state index in [1.807, 2.05) is 19.9 Å². The number of anilines is 3. The van der Waals surface area contributed by atoms with Crippen molar-refractivity contribution in [1.82, 2.24) is 9.97 Å². The molecule has 0 bridgehead atoms. The Kier molecular flexibility index (Phi) is 6.12. The zero-order valence-corrected chi connectivity index (χ0v) is 16.4. The summed E-state index contributed by atoms with van der Waals surface area (Å²) in [7, 11) is 0. The minimum Gasteiger partial charge on any atom is -0.406 e. The number of nitrogens with zero attached hydrogens (tertiary/aromatic N) is 2. The molecule has 0 spiro atoms. The van der Waals surface area contributed by atoms with E-state index >= 15 is 0 Å². The number of aromatic nitrogens is 2. The predicted octanol–water partition coefficient (Wildman–Crippen LogP) is 6.18. The number of nitrogens with one attached hydrogen (secondary N) is 2. The van der Waals surface area contributed by atoms with E-state index in [9.17, 15) is 13.2 Å². The molecule has 0 aliphatic carbocycles. The number of ether oxygens (including phenoxy) is 1. The van der Waals surface area contributed by atoms with Crippen molar-refractivity contribution in [2.24, 2.45) is 0 Å². The Morgan fingerprint density at radius 1 is 1.07 bits per heavy atom. The van der Waals surface area contributed by atoms with Crippen LogP contribution in [0, 0.1) is 6.92 Å². The molecule has 0 unspecified atom stereocenters. The summed E-state index contributed by atoms with van der Waals surface area (Å²) in [5.41, 5.74) is 2.61. The van der Waals surface area contributed by atoms with Crippen LogP contribution >= 0.6 is 11.6 Å². The Balaban J connectivity index is 1.99. The molecular weight excluding hydrogens is 405 g/mol. The molecule has 29 heavy (non-hydrogen) atoms. The first-order chi connectivity index (χ1) is 13.7. The van der Waals surface area contributed by atoms with Gasteiger partial charge in [0, 0.05) is 28.9 Å². The highest BCUT2D eigenvalue weighted by Crippen LogP contribution is 2.30. The molecule has 5 nitrogen and oxygen atoms in total. The van der Waals surface area contributed by atoms with Crippen LogP contribution < -0.4 is 15.4 Å². The minimum absolute atomic E-state index is 0.321. The lowest BCUT2D eigenvalue weighted by Gasteiger charge is -2.13. The third kappa shape index (κ3) is 5.74. The van der Waals surface area contributed by atoms with Gasteiger partial charge in [0.05, 0.1) is 5.69 Å². The maximum Gasteiger partial charge on any atom is 0.573 e. The van der Waals surface area contributed by atoms with Crippen molar-refractivity contribution in [3.8, 4) is 17.0 Å². The smallest absolute Gasteiger partial charge is 0.406 e. The first-order valence-corrected chi connectivity index (χ1v) is 9.13. The summed E-state index contributed by atoms with van der Waals surface area (Å²) >= 11 is 6.07. The van der Waals surface area contributed by atoms with Gasteiger partial charge in [-0.1, -0.05) is 29.8 Å². The molecule has 0 radical (unpaired) electrons. The van der Waals surface area contributed by atoms with E-state index < -0.39 is 6.36 Å². The standard InChI is InChI=1S/C20H18ClF3N4O/c1-3-25-19-27-17(13-5-4-6-15(9-13)29-20(22,23)24)11-18(28-19)26-16-10-14(21)8-7-12(16)2/h4-11H,3H2,1-2H3,(H2,25,26,27,28). The van der Waals surface area contributed by atoms with Crippen molar-refractivity contribution in [3.05, 3.63) is 59.1 Å². The summed E-state index contributed by atoms with van der Waals surface area (Å²) in [6.07, 6.45) is -4.77. The van der Waals surface area contributed by atoms with Crippen molar-refractivity contribution in [3.63, 3.8) is 0 Å². The second kappa shape index (κ2) is 8.57. The predicted molar refractivity (Wildman–Crippen MR) is 108 cm³/mol. The Labute approximate surface area is 170 Å². The molecule has 2 aromatic carbocycles. The molecule has 0 saturated heterocycles. The quantitative estimate of drug-likeness (QED) is 0.496. The van der Waals surface area contributed by atoms with Crippen molar-refractivity contribution in [2.45, 2.75) is 20.2 Å². The normalized spacial score (nSPS) is 11.2. The van der Waals surface area contributed by atoms with Gasteiger partial charge in [-0.2, -0.15) is 4.98 Å². The van der Waals surface area contributed by atoms with Gasteiger partial charge in [-0.15, -0.1) is 13.2 Å². The third-order valence-electron chi connectivity index (χ3n) is 3.89. The summed E-state index contributed by atoms with van der Waals surface area (Å²) in [6.45, 7) is 4.39. The van der Waals surface area contributed by atoms with E-state index in [1.54, 1.807) is 24.3 Å². The van der Waals surface area contributed by atoms with Crippen molar-refractivity contribution >= 4 is 29.1 Å². The van der Waals surface area contributed by atoms with Gasteiger partial charge in [0.2, 0.25) is 5.95 Å². The highest BCUT2D eigenvalue weighted by molar-refractivity contribution is 6.30. The summed E-state index contributed by atoms with van der Waals surface area (Å²) < 4.78 is 41.6. The van der Waals surface area contributed by atoms with Crippen LogP contribution in [0.3, 0.4) is 0 Å². The molecule has 0 saturated carbocycles. The van der Waals surface area contributed by atoms with Gasteiger partial charge in [-0.3, -0.25) is 0 Å². The van der Waals surface area contributed by atoms with E-state index in [2.05, 4.69) is 25.3 Å². The molecule has 0 atom stereocenters. The first-order valence-electron chi connectivity index (χ1n) is 8.76. The van der Waals surface area contributed by atoms with Crippen molar-refractivity contribution in [1.29, 1.82) is 0 Å². The number of hydrogen-bond acceptors (Lipinski definition) is 5. The second-order valence-corrected chi connectivity index (χ2v) is 6.59. The lowest BCUT2D eigenvalue weighted by atomic mass is 10.1. The molecular formula is C20H18ClF3N4O. The molecule has 0 fully saturated rings. The lowest BCUT2D eigenvalue weighted by molar-refractivity contribution is -0.274. The minimum atomic E-state index is -4.77. The van der Waals surface area contributed by atoms with E-state index in [-0.39, 0.29) is 5.75 Å². The highest BCUT2D eigenvalue weighted by atomic mass is 35.5. The number of rotatable bonds is 6. The zero-order chi connectivity index (χ0) is 21.0. The fourth-order valence-corrected chi connectivity index (χ4v) is 2.79. The molecule has 2 N–H and O–H groups in total. The SMILES string of the molecule is CCNc1nc(Nc2cc(Cl)ccc2C)cc(-c2cccc(OC(F)(F)F)c2)n1. The van der Waals surface area contributed by atoms with Crippen LogP contribution in [0.15, 0.2) is 48.5 Å². The van der Waals surface area contributed by atoms with E-state index in [4.69, 9.17) is 11.6 Å². The summed E-state index contributed by atoms with van der Waals surface area (Å²) in [5.74, 6) is 0.492. The van der Waals surface area contributed by atoms with E-state index in [1.165, 1.54) is 18.2 Å². The maximum atomic E-state index is 12.5. The topological polar surface area (TPSA) is 59.1 Å². The molecule has 1 heterocycles. The van der Waals surface area contributed by atoms with Crippen LogP contribution in [0.1, 0.15) is 12.5 Å². The van der Waals surface area contributed by atoms with Crippen LogP contribution in [0.25, 0.3) is 11.3 Å². The van der Waals surface area contributed by atoms with Crippen LogP contribution in [0.2, 0.25) is 5.02 Å². The fourth-order valence-electron chi connectivity index (χ4n) is 2.62. The molecule has 0 aliphatic rings. The number of alkyl halides is 3. The van der Waals surface area contributed by atoms with Crippen molar-refractivity contribution in [2.75, 3.05) is 17.2 Å².